The van der Waals surface area contributed by atoms with E-state index >= 15 is 0 Å². The molecule has 0 spiro atoms. The first-order valence-corrected chi connectivity index (χ1v) is 7.29. The van der Waals surface area contributed by atoms with Crippen LogP contribution in [0.2, 0.25) is 5.02 Å². The van der Waals surface area contributed by atoms with Crippen molar-refractivity contribution >= 4 is 27.3 Å². The van der Waals surface area contributed by atoms with Gasteiger partial charge in [0.15, 0.2) is 0 Å². The van der Waals surface area contributed by atoms with Crippen LogP contribution >= 0.6 is 11.6 Å². The van der Waals surface area contributed by atoms with Crippen LogP contribution in [0, 0.1) is 12.7 Å². The van der Waals surface area contributed by atoms with Crippen molar-refractivity contribution in [3.8, 4) is 0 Å². The second-order valence-corrected chi connectivity index (χ2v) is 6.17. The van der Waals surface area contributed by atoms with E-state index in [0.29, 0.717) is 5.02 Å². The van der Waals surface area contributed by atoms with Crippen LogP contribution in [0.1, 0.15) is 5.56 Å². The molecule has 0 fully saturated rings. The number of nitrogens with one attached hydrogen (secondary N) is 1. The molecule has 0 heterocycles. The molecule has 19 heavy (non-hydrogen) atoms. The van der Waals surface area contributed by atoms with Gasteiger partial charge in [0, 0.05) is 5.02 Å². The van der Waals surface area contributed by atoms with Crippen molar-refractivity contribution in [3.05, 3.63) is 58.9 Å². The molecule has 3 nitrogen and oxygen atoms in total. The largest absolute Gasteiger partial charge is 0.277 e. The molecule has 2 aromatic rings. The Morgan fingerprint density at radius 1 is 1.16 bits per heavy atom. The summed E-state index contributed by atoms with van der Waals surface area (Å²) in [5.41, 5.74) is 0.671. The molecule has 0 radical (unpaired) electrons. The van der Waals surface area contributed by atoms with E-state index < -0.39 is 15.8 Å². The highest BCUT2D eigenvalue weighted by Gasteiger charge is 2.16. The van der Waals surface area contributed by atoms with Gasteiger partial charge in [-0.25, -0.2) is 12.8 Å². The molecule has 0 aliphatic heterocycles. The summed E-state index contributed by atoms with van der Waals surface area (Å²) in [6.45, 7) is 1.75. The average Bonchev–Trinajstić information content (AvgIpc) is 2.33. The number of hydrogen-bond donors (Lipinski definition) is 1. The predicted octanol–water partition coefficient (Wildman–Crippen LogP) is 3.59. The minimum atomic E-state index is -3.85. The highest BCUT2D eigenvalue weighted by atomic mass is 35.5. The summed E-state index contributed by atoms with van der Waals surface area (Å²) >= 11 is 5.74. The Labute approximate surface area is 116 Å². The van der Waals surface area contributed by atoms with Crippen molar-refractivity contribution < 1.29 is 12.8 Å². The third kappa shape index (κ3) is 3.24. The van der Waals surface area contributed by atoms with Crippen LogP contribution in [-0.4, -0.2) is 8.42 Å². The standard InChI is InChI=1S/C13H11ClFNO2S/c1-9-5-6-12(15)13(7-9)16-19(17,18)11-4-2-3-10(14)8-11/h2-8,16H,1H3. The molecule has 1 N–H and O–H groups in total. The first kappa shape index (κ1) is 13.8. The zero-order valence-corrected chi connectivity index (χ0v) is 11.6. The summed E-state index contributed by atoms with van der Waals surface area (Å²) in [4.78, 5) is -0.0130. The maximum Gasteiger partial charge on any atom is 0.262 e. The van der Waals surface area contributed by atoms with E-state index in [-0.39, 0.29) is 10.6 Å². The van der Waals surface area contributed by atoms with Gasteiger partial charge in [-0.15, -0.1) is 0 Å². The summed E-state index contributed by atoms with van der Waals surface area (Å²) in [6, 6.07) is 9.98. The number of hydrogen-bond acceptors (Lipinski definition) is 2. The SMILES string of the molecule is Cc1ccc(F)c(NS(=O)(=O)c2cccc(Cl)c2)c1. The van der Waals surface area contributed by atoms with Crippen molar-refractivity contribution in [1.82, 2.24) is 0 Å². The summed E-state index contributed by atoms with van der Waals surface area (Å²) in [5.74, 6) is -0.629. The topological polar surface area (TPSA) is 46.2 Å². The second-order valence-electron chi connectivity index (χ2n) is 4.05. The third-order valence-electron chi connectivity index (χ3n) is 2.47. The van der Waals surface area contributed by atoms with Crippen LogP contribution in [0.15, 0.2) is 47.4 Å². The summed E-state index contributed by atoms with van der Waals surface area (Å²) < 4.78 is 39.9. The lowest BCUT2D eigenvalue weighted by Crippen LogP contribution is -2.14. The lowest BCUT2D eigenvalue weighted by atomic mass is 10.2. The molecule has 0 atom stereocenters. The van der Waals surface area contributed by atoms with Crippen LogP contribution in [0.5, 0.6) is 0 Å². The van der Waals surface area contributed by atoms with Gasteiger partial charge >= 0.3 is 0 Å². The number of benzene rings is 2. The zero-order chi connectivity index (χ0) is 14.0. The van der Waals surface area contributed by atoms with Gasteiger partial charge in [0.05, 0.1) is 10.6 Å². The van der Waals surface area contributed by atoms with Gasteiger partial charge in [-0.05, 0) is 42.8 Å². The molecule has 2 rings (SSSR count). The summed E-state index contributed by atoms with van der Waals surface area (Å²) in [6.07, 6.45) is 0. The van der Waals surface area contributed by atoms with Gasteiger partial charge in [-0.3, -0.25) is 4.72 Å². The third-order valence-corrected chi connectivity index (χ3v) is 4.07. The summed E-state index contributed by atoms with van der Waals surface area (Å²) in [7, 11) is -3.85. The second kappa shape index (κ2) is 5.19. The Morgan fingerprint density at radius 3 is 2.58 bits per heavy atom. The van der Waals surface area contributed by atoms with Gasteiger partial charge in [-0.2, -0.15) is 0 Å². The molecule has 0 aromatic heterocycles. The molecule has 2 aromatic carbocycles. The fourth-order valence-corrected chi connectivity index (χ4v) is 2.91. The first-order chi connectivity index (χ1) is 8.88. The van der Waals surface area contributed by atoms with E-state index in [2.05, 4.69) is 4.72 Å². The van der Waals surface area contributed by atoms with Crippen molar-refractivity contribution in [2.24, 2.45) is 0 Å². The van der Waals surface area contributed by atoms with Gasteiger partial charge in [0.1, 0.15) is 5.82 Å². The summed E-state index contributed by atoms with van der Waals surface area (Å²) in [5, 5.41) is 0.299. The van der Waals surface area contributed by atoms with Crippen molar-refractivity contribution in [2.75, 3.05) is 4.72 Å². The molecular formula is C13H11ClFNO2S. The molecular weight excluding hydrogens is 289 g/mol. The number of halogens is 2. The predicted molar refractivity (Wildman–Crippen MR) is 73.4 cm³/mol. The Balaban J connectivity index is 2.39. The normalized spacial score (nSPS) is 11.3. The number of rotatable bonds is 3. The van der Waals surface area contributed by atoms with Gasteiger partial charge in [-0.1, -0.05) is 23.7 Å². The molecule has 0 saturated carbocycles. The molecule has 6 heteroatoms. The first-order valence-electron chi connectivity index (χ1n) is 5.43. The monoisotopic (exact) mass is 299 g/mol. The molecule has 0 unspecified atom stereocenters. The smallest absolute Gasteiger partial charge is 0.262 e. The Kier molecular flexibility index (Phi) is 3.78. The van der Waals surface area contributed by atoms with Gasteiger partial charge in [0.25, 0.3) is 10.0 Å². The van der Waals surface area contributed by atoms with Crippen LogP contribution in [0.25, 0.3) is 0 Å². The van der Waals surface area contributed by atoms with Gasteiger partial charge < -0.3 is 0 Å². The minimum Gasteiger partial charge on any atom is -0.277 e. The Bertz CT molecular complexity index is 716. The Hall–Kier alpha value is -1.59. The average molecular weight is 300 g/mol. The minimum absolute atomic E-state index is 0.0130. The van der Waals surface area contributed by atoms with E-state index in [9.17, 15) is 12.8 Å². The van der Waals surface area contributed by atoms with E-state index in [4.69, 9.17) is 11.6 Å². The highest BCUT2D eigenvalue weighted by molar-refractivity contribution is 7.92. The van der Waals surface area contributed by atoms with E-state index in [1.807, 2.05) is 0 Å². The van der Waals surface area contributed by atoms with Crippen molar-refractivity contribution in [2.45, 2.75) is 11.8 Å². The van der Waals surface area contributed by atoms with Crippen LogP contribution in [0.3, 0.4) is 0 Å². The van der Waals surface area contributed by atoms with E-state index in [1.165, 1.54) is 30.3 Å². The number of anilines is 1. The van der Waals surface area contributed by atoms with Crippen molar-refractivity contribution in [1.29, 1.82) is 0 Å². The molecule has 0 aliphatic rings. The molecule has 0 aliphatic carbocycles. The van der Waals surface area contributed by atoms with E-state index in [0.717, 1.165) is 5.56 Å². The number of aryl methyl sites for hydroxylation is 1. The quantitative estimate of drug-likeness (QED) is 0.941. The lowest BCUT2D eigenvalue weighted by Gasteiger charge is -2.09. The molecule has 100 valence electrons. The van der Waals surface area contributed by atoms with E-state index in [1.54, 1.807) is 19.1 Å². The molecule has 0 saturated heterocycles. The maximum atomic E-state index is 13.5. The van der Waals surface area contributed by atoms with Crippen LogP contribution in [-0.2, 0) is 10.0 Å². The zero-order valence-electron chi connectivity index (χ0n) is 10.0. The molecule has 0 bridgehead atoms. The van der Waals surface area contributed by atoms with Crippen molar-refractivity contribution in [3.63, 3.8) is 0 Å². The highest BCUT2D eigenvalue weighted by Crippen LogP contribution is 2.22. The van der Waals surface area contributed by atoms with Crippen LogP contribution < -0.4 is 4.72 Å². The Morgan fingerprint density at radius 2 is 1.89 bits per heavy atom. The van der Waals surface area contributed by atoms with Gasteiger partial charge in [0.2, 0.25) is 0 Å². The molecule has 0 amide bonds. The maximum absolute atomic E-state index is 13.5. The number of sulfonamides is 1. The lowest BCUT2D eigenvalue weighted by molar-refractivity contribution is 0.598. The fraction of sp³-hybridized carbons (Fsp3) is 0.0769. The fourth-order valence-electron chi connectivity index (χ4n) is 1.56. The van der Waals surface area contributed by atoms with Crippen LogP contribution in [0.4, 0.5) is 10.1 Å².